The third-order valence-electron chi connectivity index (χ3n) is 7.59. The number of hydrogen-bond acceptors (Lipinski definition) is 8. The molecule has 1 amide bonds. The fraction of sp³-hybridized carbons (Fsp3) is 0.375. The summed E-state index contributed by atoms with van der Waals surface area (Å²) < 4.78 is 17.0. The number of ketones is 1. The fourth-order valence-corrected chi connectivity index (χ4v) is 6.53. The number of anilines is 2. The number of methoxy groups -OCH3 is 3. The van der Waals surface area contributed by atoms with E-state index in [1.807, 2.05) is 52.7 Å². The number of carbonyl (C=O) groups excluding carboxylic acids is 2. The molecule has 1 aliphatic heterocycles. The number of ether oxygens (including phenoxy) is 3. The molecule has 2 aromatic carbocycles. The van der Waals surface area contributed by atoms with E-state index in [9.17, 15) is 9.59 Å². The molecule has 0 bridgehead atoms. The molecule has 2 heterocycles. The van der Waals surface area contributed by atoms with Crippen molar-refractivity contribution in [2.45, 2.75) is 39.2 Å². The Balaban J connectivity index is 1.63. The van der Waals surface area contributed by atoms with Crippen LogP contribution in [-0.4, -0.2) is 46.1 Å². The standard InChI is InChI=1S/C32H37N3O5S/c1-32(2)17-23-29(25(36)18-32)30(20-15-26(38-3)31(40-5)27(16-20)39-4)35(24-11-7-6-10-22(24)34-23)19-28(37)33-13-12-21-9-8-14-41-21/h6-11,14-16,30,34H,12-13,17-19H2,1-5H3,(H,33,37). The average Bonchev–Trinajstić information content (AvgIpc) is 3.42. The van der Waals surface area contributed by atoms with Crippen molar-refractivity contribution in [1.82, 2.24) is 5.32 Å². The highest BCUT2D eigenvalue weighted by atomic mass is 32.1. The molecule has 2 N–H and O–H groups in total. The number of rotatable bonds is 9. The van der Waals surface area contributed by atoms with Gasteiger partial charge in [-0.25, -0.2) is 0 Å². The number of allylic oxidation sites excluding steroid dienone is 1. The minimum absolute atomic E-state index is 0.0535. The van der Waals surface area contributed by atoms with Crippen LogP contribution in [0.25, 0.3) is 0 Å². The molecule has 3 aromatic rings. The molecule has 8 nitrogen and oxygen atoms in total. The minimum Gasteiger partial charge on any atom is -0.493 e. The number of para-hydroxylation sites is 2. The summed E-state index contributed by atoms with van der Waals surface area (Å²) in [5.74, 6) is 1.37. The van der Waals surface area contributed by atoms with Gasteiger partial charge in [0.25, 0.3) is 0 Å². The van der Waals surface area contributed by atoms with Crippen LogP contribution in [0.3, 0.4) is 0 Å². The van der Waals surface area contributed by atoms with Gasteiger partial charge in [0.15, 0.2) is 17.3 Å². The molecule has 1 atom stereocenters. The SMILES string of the molecule is COc1cc(C2C3=C(CC(C)(C)CC3=O)Nc3ccccc3N2CC(=O)NCCc2cccs2)cc(OC)c1OC. The Kier molecular flexibility index (Phi) is 8.26. The van der Waals surface area contributed by atoms with Crippen molar-refractivity contribution in [3.8, 4) is 17.2 Å². The number of amides is 1. The second-order valence-electron chi connectivity index (χ2n) is 11.1. The molecule has 0 saturated carbocycles. The molecular weight excluding hydrogens is 538 g/mol. The Hall–Kier alpha value is -3.98. The molecule has 0 fully saturated rings. The molecule has 0 radical (unpaired) electrons. The summed E-state index contributed by atoms with van der Waals surface area (Å²) >= 11 is 1.68. The first-order valence-electron chi connectivity index (χ1n) is 13.7. The van der Waals surface area contributed by atoms with Crippen LogP contribution in [0.2, 0.25) is 0 Å². The molecule has 2 aliphatic rings. The number of nitrogens with zero attached hydrogens (tertiary/aromatic N) is 1. The van der Waals surface area contributed by atoms with Crippen molar-refractivity contribution in [3.05, 3.63) is 75.6 Å². The topological polar surface area (TPSA) is 89.1 Å². The first-order valence-corrected chi connectivity index (χ1v) is 14.6. The lowest BCUT2D eigenvalue weighted by Gasteiger charge is -2.38. The van der Waals surface area contributed by atoms with Crippen LogP contribution >= 0.6 is 11.3 Å². The van der Waals surface area contributed by atoms with Gasteiger partial charge in [-0.1, -0.05) is 32.0 Å². The van der Waals surface area contributed by atoms with E-state index >= 15 is 0 Å². The van der Waals surface area contributed by atoms with Gasteiger partial charge in [-0.05, 0) is 59.5 Å². The van der Waals surface area contributed by atoms with E-state index in [0.29, 0.717) is 42.2 Å². The number of benzene rings is 2. The van der Waals surface area contributed by atoms with E-state index in [1.165, 1.54) is 4.88 Å². The number of hydrogen-bond donors (Lipinski definition) is 2. The van der Waals surface area contributed by atoms with Crippen LogP contribution in [0.4, 0.5) is 11.4 Å². The summed E-state index contributed by atoms with van der Waals surface area (Å²) in [6.45, 7) is 4.81. The number of carbonyl (C=O) groups is 2. The zero-order chi connectivity index (χ0) is 29.1. The second-order valence-corrected chi connectivity index (χ2v) is 12.2. The summed E-state index contributed by atoms with van der Waals surface area (Å²) in [5, 5.41) is 8.71. The largest absolute Gasteiger partial charge is 0.493 e. The van der Waals surface area contributed by atoms with Gasteiger partial charge in [0, 0.05) is 29.1 Å². The molecule has 0 spiro atoms. The molecule has 5 rings (SSSR count). The second kappa shape index (κ2) is 11.9. The van der Waals surface area contributed by atoms with Gasteiger partial charge in [0.05, 0.1) is 45.3 Å². The third-order valence-corrected chi connectivity index (χ3v) is 8.53. The van der Waals surface area contributed by atoms with E-state index in [0.717, 1.165) is 29.1 Å². The monoisotopic (exact) mass is 575 g/mol. The number of nitrogens with one attached hydrogen (secondary N) is 2. The van der Waals surface area contributed by atoms with Crippen molar-refractivity contribution in [1.29, 1.82) is 0 Å². The number of thiophene rings is 1. The Morgan fingerprint density at radius 3 is 2.44 bits per heavy atom. The lowest BCUT2D eigenvalue weighted by atomic mass is 9.73. The van der Waals surface area contributed by atoms with Crippen molar-refractivity contribution < 1.29 is 23.8 Å². The van der Waals surface area contributed by atoms with Gasteiger partial charge >= 0.3 is 0 Å². The molecule has 1 aromatic heterocycles. The van der Waals surface area contributed by atoms with Crippen LogP contribution in [0.1, 0.15) is 43.2 Å². The summed E-state index contributed by atoms with van der Waals surface area (Å²) in [6, 6.07) is 15.1. The Labute approximate surface area is 245 Å². The van der Waals surface area contributed by atoms with E-state index in [2.05, 4.69) is 30.5 Å². The maximum Gasteiger partial charge on any atom is 0.239 e. The predicted octanol–water partition coefficient (Wildman–Crippen LogP) is 5.75. The zero-order valence-corrected chi connectivity index (χ0v) is 25.0. The highest BCUT2D eigenvalue weighted by molar-refractivity contribution is 7.09. The minimum atomic E-state index is -0.568. The molecule has 1 aliphatic carbocycles. The zero-order valence-electron chi connectivity index (χ0n) is 24.2. The lowest BCUT2D eigenvalue weighted by Crippen LogP contribution is -2.42. The number of Topliss-reactive ketones (excluding diaryl/α,β-unsaturated/α-hetero) is 1. The van der Waals surface area contributed by atoms with Gasteiger partial charge in [-0.3, -0.25) is 9.59 Å². The van der Waals surface area contributed by atoms with Crippen molar-refractivity contribution in [2.24, 2.45) is 5.41 Å². The van der Waals surface area contributed by atoms with Gasteiger partial charge in [0.2, 0.25) is 11.7 Å². The van der Waals surface area contributed by atoms with Crippen LogP contribution in [0.15, 0.2) is 65.2 Å². The summed E-state index contributed by atoms with van der Waals surface area (Å²) in [7, 11) is 4.71. The number of fused-ring (bicyclic) bond motifs is 1. The van der Waals surface area contributed by atoms with E-state index in [1.54, 1.807) is 32.7 Å². The van der Waals surface area contributed by atoms with Crippen LogP contribution < -0.4 is 29.7 Å². The van der Waals surface area contributed by atoms with Crippen molar-refractivity contribution >= 4 is 34.4 Å². The van der Waals surface area contributed by atoms with Gasteiger partial charge < -0.3 is 29.7 Å². The normalized spacial score (nSPS) is 17.6. The van der Waals surface area contributed by atoms with Crippen molar-refractivity contribution in [3.63, 3.8) is 0 Å². The maximum absolute atomic E-state index is 14.0. The Morgan fingerprint density at radius 2 is 1.78 bits per heavy atom. The maximum atomic E-state index is 14.0. The molecule has 0 saturated heterocycles. The molecule has 1 unspecified atom stereocenters. The molecular formula is C32H37N3O5S. The van der Waals surface area contributed by atoms with Crippen molar-refractivity contribution in [2.75, 3.05) is 44.6 Å². The summed E-state index contributed by atoms with van der Waals surface area (Å²) in [4.78, 5) is 30.7. The molecule has 216 valence electrons. The first kappa shape index (κ1) is 28.5. The van der Waals surface area contributed by atoms with Gasteiger partial charge in [-0.15, -0.1) is 11.3 Å². The van der Waals surface area contributed by atoms with Crippen LogP contribution in [0, 0.1) is 5.41 Å². The van der Waals surface area contributed by atoms with Gasteiger partial charge in [0.1, 0.15) is 0 Å². The Bertz CT molecular complexity index is 1440. The highest BCUT2D eigenvalue weighted by Crippen LogP contribution is 2.50. The van der Waals surface area contributed by atoms with Crippen LogP contribution in [-0.2, 0) is 16.0 Å². The Morgan fingerprint density at radius 1 is 1.05 bits per heavy atom. The average molecular weight is 576 g/mol. The molecule has 9 heteroatoms. The third kappa shape index (κ3) is 5.91. The summed E-state index contributed by atoms with van der Waals surface area (Å²) in [5.41, 5.74) is 3.78. The lowest BCUT2D eigenvalue weighted by molar-refractivity contribution is -0.120. The summed E-state index contributed by atoms with van der Waals surface area (Å²) in [6.07, 6.45) is 1.87. The smallest absolute Gasteiger partial charge is 0.239 e. The first-order chi connectivity index (χ1) is 19.7. The molecule has 41 heavy (non-hydrogen) atoms. The van der Waals surface area contributed by atoms with E-state index in [4.69, 9.17) is 14.2 Å². The van der Waals surface area contributed by atoms with Crippen LogP contribution in [0.5, 0.6) is 17.2 Å². The quantitative estimate of drug-likeness (QED) is 0.336. The van der Waals surface area contributed by atoms with E-state index in [-0.39, 0.29) is 23.7 Å². The van der Waals surface area contributed by atoms with Gasteiger partial charge in [-0.2, -0.15) is 0 Å². The fourth-order valence-electron chi connectivity index (χ4n) is 5.82. The predicted molar refractivity (Wildman–Crippen MR) is 162 cm³/mol. The van der Waals surface area contributed by atoms with E-state index < -0.39 is 6.04 Å². The highest BCUT2D eigenvalue weighted by Gasteiger charge is 2.42.